The number of alkyl halides is 3. The second-order valence-electron chi connectivity index (χ2n) is 2.69. The van der Waals surface area contributed by atoms with E-state index in [1.165, 1.54) is 0 Å². The van der Waals surface area contributed by atoms with E-state index in [0.29, 0.717) is 0 Å². The van der Waals surface area contributed by atoms with Crippen LogP contribution in [0.1, 0.15) is 20.8 Å². The van der Waals surface area contributed by atoms with Gasteiger partial charge in [-0.15, -0.1) is 0 Å². The van der Waals surface area contributed by atoms with Gasteiger partial charge in [0.15, 0.2) is 0 Å². The molecule has 0 fully saturated rings. The van der Waals surface area contributed by atoms with Crippen LogP contribution in [0.3, 0.4) is 0 Å². The molecule has 0 amide bonds. The summed E-state index contributed by atoms with van der Waals surface area (Å²) in [5, 5.41) is 0. The molecule has 0 radical (unpaired) electrons. The predicted octanol–water partition coefficient (Wildman–Crippen LogP) is 2.44. The van der Waals surface area contributed by atoms with Gasteiger partial charge < -0.3 is 17.7 Å². The summed E-state index contributed by atoms with van der Waals surface area (Å²) < 4.78 is 18.5. The van der Waals surface area contributed by atoms with Crippen molar-refractivity contribution in [1.29, 1.82) is 0 Å². The maximum Gasteiger partial charge on any atom is 0.751 e. The van der Waals surface area contributed by atoms with Gasteiger partial charge in [-0.2, -0.15) is 0 Å². The lowest BCUT2D eigenvalue weighted by Gasteiger charge is -2.27. The van der Waals surface area contributed by atoms with Crippen molar-refractivity contribution in [1.82, 2.24) is 0 Å². The quantitative estimate of drug-likeness (QED) is 0.531. The maximum absolute atomic E-state index is 11.5. The van der Waals surface area contributed by atoms with Gasteiger partial charge in [0.2, 0.25) is 0 Å². The van der Waals surface area contributed by atoms with Crippen molar-refractivity contribution >= 4 is 49.8 Å². The van der Waals surface area contributed by atoms with Gasteiger partial charge in [-0.05, 0) is 20.8 Å². The van der Waals surface area contributed by atoms with Crippen LogP contribution in [0.25, 0.3) is 0 Å². The third-order valence-corrected chi connectivity index (χ3v) is 4.24. The molecule has 0 aromatic carbocycles. The molecule has 0 aliphatic rings. The zero-order valence-corrected chi connectivity index (χ0v) is 13.1. The molecular formula is C8H15Cl3O5Si. The molecule has 0 saturated heterocycles. The lowest BCUT2D eigenvalue weighted by molar-refractivity contribution is -0.143. The second kappa shape index (κ2) is 7.78. The number of hydrogen-bond acceptors (Lipinski definition) is 5. The zero-order chi connectivity index (χ0) is 13.5. The molecule has 17 heavy (non-hydrogen) atoms. The van der Waals surface area contributed by atoms with Gasteiger partial charge in [0.1, 0.15) is 0 Å². The zero-order valence-electron chi connectivity index (χ0n) is 9.80. The van der Waals surface area contributed by atoms with E-state index in [1.807, 2.05) is 0 Å². The first kappa shape index (κ1) is 17.4. The summed E-state index contributed by atoms with van der Waals surface area (Å²) in [6.45, 7) is 5.88. The van der Waals surface area contributed by atoms with Gasteiger partial charge in [0.25, 0.3) is 3.79 Å². The third kappa shape index (κ3) is 6.24. The minimum Gasteiger partial charge on any atom is -0.449 e. The van der Waals surface area contributed by atoms with E-state index in [-0.39, 0.29) is 19.8 Å². The van der Waals surface area contributed by atoms with Crippen molar-refractivity contribution in [2.75, 3.05) is 19.8 Å². The molecule has 0 bridgehead atoms. The fourth-order valence-corrected chi connectivity index (χ4v) is 3.09. The van der Waals surface area contributed by atoms with Gasteiger partial charge in [-0.3, -0.25) is 0 Å². The SMILES string of the molecule is CCO[Si](OCC)(OCC)OC(=O)C(Cl)(Cl)Cl. The van der Waals surface area contributed by atoms with Crippen molar-refractivity contribution in [3.63, 3.8) is 0 Å². The first-order valence-corrected chi connectivity index (χ1v) is 7.80. The largest absolute Gasteiger partial charge is 0.751 e. The summed E-state index contributed by atoms with van der Waals surface area (Å²) in [5.41, 5.74) is 0. The average Bonchev–Trinajstić information content (AvgIpc) is 2.17. The van der Waals surface area contributed by atoms with Crippen LogP contribution in [0, 0.1) is 0 Å². The Morgan fingerprint density at radius 2 is 1.35 bits per heavy atom. The number of carbonyl (C=O) groups excluding carboxylic acids is 1. The topological polar surface area (TPSA) is 54.0 Å². The molecule has 0 atom stereocenters. The molecule has 0 aliphatic heterocycles. The van der Waals surface area contributed by atoms with Crippen LogP contribution in [0.4, 0.5) is 0 Å². The molecule has 9 heteroatoms. The van der Waals surface area contributed by atoms with Gasteiger partial charge in [0, 0.05) is 19.8 Å². The molecule has 5 nitrogen and oxygen atoms in total. The first-order chi connectivity index (χ1) is 7.81. The highest BCUT2D eigenvalue weighted by molar-refractivity contribution is 6.76. The normalized spacial score (nSPS) is 12.6. The minimum absolute atomic E-state index is 0.249. The van der Waals surface area contributed by atoms with Crippen LogP contribution in [0.15, 0.2) is 0 Å². The van der Waals surface area contributed by atoms with E-state index < -0.39 is 18.8 Å². The van der Waals surface area contributed by atoms with E-state index in [9.17, 15) is 4.79 Å². The van der Waals surface area contributed by atoms with Crippen molar-refractivity contribution in [3.05, 3.63) is 0 Å². The van der Waals surface area contributed by atoms with E-state index in [0.717, 1.165) is 0 Å². The molecule has 0 aromatic rings. The van der Waals surface area contributed by atoms with E-state index in [2.05, 4.69) is 0 Å². The Morgan fingerprint density at radius 1 is 1.00 bits per heavy atom. The van der Waals surface area contributed by atoms with E-state index >= 15 is 0 Å². The monoisotopic (exact) mass is 324 g/mol. The molecule has 102 valence electrons. The smallest absolute Gasteiger partial charge is 0.449 e. The molecule has 0 heterocycles. The fourth-order valence-electron chi connectivity index (χ4n) is 0.915. The van der Waals surface area contributed by atoms with Gasteiger partial charge >= 0.3 is 15.0 Å². The van der Waals surface area contributed by atoms with E-state index in [1.54, 1.807) is 20.8 Å². The molecular weight excluding hydrogens is 311 g/mol. The van der Waals surface area contributed by atoms with Crippen LogP contribution < -0.4 is 0 Å². The van der Waals surface area contributed by atoms with Crippen molar-refractivity contribution in [2.24, 2.45) is 0 Å². The average molecular weight is 326 g/mol. The van der Waals surface area contributed by atoms with Crippen LogP contribution in [-0.2, 0) is 22.5 Å². The molecule has 0 spiro atoms. The molecule has 0 aliphatic carbocycles. The Hall–Kier alpha value is 0.437. The third-order valence-electron chi connectivity index (χ3n) is 1.41. The second-order valence-corrected chi connectivity index (χ2v) is 7.04. The summed E-state index contributed by atoms with van der Waals surface area (Å²) in [4.78, 5) is 11.5. The van der Waals surface area contributed by atoms with Gasteiger partial charge in [-0.1, -0.05) is 34.8 Å². The lowest BCUT2D eigenvalue weighted by Crippen LogP contribution is -2.52. The summed E-state index contributed by atoms with van der Waals surface area (Å²) in [6, 6.07) is 0. The molecule has 0 aromatic heterocycles. The summed E-state index contributed by atoms with van der Waals surface area (Å²) in [5.74, 6) is -1.08. The molecule has 0 rings (SSSR count). The number of hydrogen-bond donors (Lipinski definition) is 0. The van der Waals surface area contributed by atoms with Crippen molar-refractivity contribution < 1.29 is 22.5 Å². The predicted molar refractivity (Wildman–Crippen MR) is 67.0 cm³/mol. The standard InChI is InChI=1S/C8H15Cl3O5Si/c1-4-13-17(14-5-2,15-6-3)16-7(12)8(9,10)11/h4-6H2,1-3H3. The highest BCUT2D eigenvalue weighted by Crippen LogP contribution is 2.29. The summed E-state index contributed by atoms with van der Waals surface area (Å²) in [6.07, 6.45) is 0. The Balaban J connectivity index is 4.82. The number of halogens is 3. The maximum atomic E-state index is 11.5. The van der Waals surface area contributed by atoms with Crippen LogP contribution in [0.5, 0.6) is 0 Å². The lowest BCUT2D eigenvalue weighted by atomic mass is 10.8. The van der Waals surface area contributed by atoms with Gasteiger partial charge in [-0.25, -0.2) is 4.79 Å². The van der Waals surface area contributed by atoms with Crippen LogP contribution >= 0.6 is 34.8 Å². The highest BCUT2D eigenvalue weighted by atomic mass is 35.6. The Kier molecular flexibility index (Phi) is 7.98. The Bertz CT molecular complexity index is 229. The van der Waals surface area contributed by atoms with E-state index in [4.69, 9.17) is 52.5 Å². The molecule has 0 unspecified atom stereocenters. The Labute approximate surface area is 117 Å². The summed E-state index contributed by atoms with van der Waals surface area (Å²) in [7, 11) is -3.57. The van der Waals surface area contributed by atoms with Crippen LogP contribution in [0.2, 0.25) is 0 Å². The minimum atomic E-state index is -3.57. The summed E-state index contributed by atoms with van der Waals surface area (Å²) >= 11 is 16.2. The number of rotatable bonds is 7. The molecule has 0 saturated carbocycles. The van der Waals surface area contributed by atoms with Gasteiger partial charge in [0.05, 0.1) is 0 Å². The highest BCUT2D eigenvalue weighted by Gasteiger charge is 2.52. The Morgan fingerprint density at radius 3 is 1.59 bits per heavy atom. The number of carbonyl (C=O) groups is 1. The van der Waals surface area contributed by atoms with Crippen molar-refractivity contribution in [2.45, 2.75) is 24.6 Å². The van der Waals surface area contributed by atoms with Crippen LogP contribution in [-0.4, -0.2) is 38.6 Å². The van der Waals surface area contributed by atoms with Crippen molar-refractivity contribution in [3.8, 4) is 0 Å². The fraction of sp³-hybridized carbons (Fsp3) is 0.875. The first-order valence-electron chi connectivity index (χ1n) is 5.03. The molecule has 0 N–H and O–H groups in total.